The number of hydrogen-bond donors (Lipinski definition) is 3. The summed E-state index contributed by atoms with van der Waals surface area (Å²) in [7, 11) is 0. The van der Waals surface area contributed by atoms with Gasteiger partial charge in [-0.3, -0.25) is 0 Å². The van der Waals surface area contributed by atoms with Crippen molar-refractivity contribution in [2.45, 2.75) is 72.5 Å². The monoisotopic (exact) mass is 222 g/mol. The maximum absolute atomic E-state index is 8.52. The lowest BCUT2D eigenvalue weighted by atomic mass is 10.2. The summed E-state index contributed by atoms with van der Waals surface area (Å²) in [6.07, 6.45) is 2.78. The summed E-state index contributed by atoms with van der Waals surface area (Å²) in [6.45, 7) is 11.4. The first-order valence-electron chi connectivity index (χ1n) is 5.70. The van der Waals surface area contributed by atoms with E-state index >= 15 is 0 Å². The molecule has 0 aromatic rings. The number of unbranched alkanes of at least 4 members (excludes halogenated alkanes) is 1. The maximum atomic E-state index is 8.52. The van der Waals surface area contributed by atoms with Crippen molar-refractivity contribution in [1.29, 1.82) is 0 Å². The SMILES string of the molecule is CC(C)(C)O.CCC(C)O.CCCCO. The highest BCUT2D eigenvalue weighted by atomic mass is 16.3. The quantitative estimate of drug-likeness (QED) is 0.687. The number of aliphatic hydroxyl groups excluding tert-OH is 2. The minimum Gasteiger partial charge on any atom is -0.396 e. The van der Waals surface area contributed by atoms with Gasteiger partial charge in [-0.2, -0.15) is 0 Å². The fourth-order valence-corrected chi connectivity index (χ4v) is 0.158. The number of rotatable bonds is 3. The fraction of sp³-hybridized carbons (Fsp3) is 1.00. The molecule has 0 aliphatic carbocycles. The molecule has 0 heterocycles. The fourth-order valence-electron chi connectivity index (χ4n) is 0.158. The highest BCUT2D eigenvalue weighted by Gasteiger charge is 1.97. The van der Waals surface area contributed by atoms with Crippen molar-refractivity contribution in [3.63, 3.8) is 0 Å². The molecular weight excluding hydrogens is 192 g/mol. The van der Waals surface area contributed by atoms with Crippen LogP contribution in [0, 0.1) is 0 Å². The molecule has 1 atom stereocenters. The Balaban J connectivity index is -0.000000144. The van der Waals surface area contributed by atoms with Gasteiger partial charge in [0.15, 0.2) is 0 Å². The first-order valence-corrected chi connectivity index (χ1v) is 5.70. The zero-order chi connectivity index (χ0) is 12.9. The highest BCUT2D eigenvalue weighted by molar-refractivity contribution is 4.50. The predicted molar refractivity (Wildman–Crippen MR) is 65.9 cm³/mol. The second kappa shape index (κ2) is 13.9. The van der Waals surface area contributed by atoms with Crippen LogP contribution in [0.4, 0.5) is 0 Å². The zero-order valence-corrected chi connectivity index (χ0v) is 11.2. The van der Waals surface area contributed by atoms with Gasteiger partial charge in [-0.05, 0) is 40.5 Å². The molecule has 0 saturated carbocycles. The molecule has 0 aromatic heterocycles. The van der Waals surface area contributed by atoms with Crippen LogP contribution in [0.3, 0.4) is 0 Å². The van der Waals surface area contributed by atoms with Crippen LogP contribution in [0.15, 0.2) is 0 Å². The van der Waals surface area contributed by atoms with Crippen LogP contribution >= 0.6 is 0 Å². The van der Waals surface area contributed by atoms with Crippen LogP contribution in [0.2, 0.25) is 0 Å². The Morgan fingerprint density at radius 1 is 1.13 bits per heavy atom. The topological polar surface area (TPSA) is 60.7 Å². The predicted octanol–water partition coefficient (Wildman–Crippen LogP) is 2.33. The third-order valence-corrected chi connectivity index (χ3v) is 1.10. The van der Waals surface area contributed by atoms with Crippen molar-refractivity contribution < 1.29 is 15.3 Å². The van der Waals surface area contributed by atoms with E-state index in [9.17, 15) is 0 Å². The van der Waals surface area contributed by atoms with Crippen LogP contribution < -0.4 is 0 Å². The second-order valence-corrected chi connectivity index (χ2v) is 4.51. The van der Waals surface area contributed by atoms with E-state index < -0.39 is 5.60 Å². The largest absolute Gasteiger partial charge is 0.396 e. The summed E-state index contributed by atoms with van der Waals surface area (Å²) in [5.74, 6) is 0. The molecule has 96 valence electrons. The molecule has 0 rings (SSSR count). The molecule has 0 radical (unpaired) electrons. The van der Waals surface area contributed by atoms with E-state index in [1.54, 1.807) is 27.7 Å². The summed E-state index contributed by atoms with van der Waals surface area (Å²) < 4.78 is 0. The Labute approximate surface area is 95.1 Å². The van der Waals surface area contributed by atoms with Crippen molar-refractivity contribution in [3.8, 4) is 0 Å². The molecule has 0 amide bonds. The van der Waals surface area contributed by atoms with Crippen molar-refractivity contribution in [2.75, 3.05) is 6.61 Å². The molecule has 3 heteroatoms. The molecule has 3 nitrogen and oxygen atoms in total. The Morgan fingerprint density at radius 3 is 1.40 bits per heavy atom. The van der Waals surface area contributed by atoms with Gasteiger partial charge in [0.05, 0.1) is 11.7 Å². The van der Waals surface area contributed by atoms with E-state index in [2.05, 4.69) is 6.92 Å². The third kappa shape index (κ3) is 130. The van der Waals surface area contributed by atoms with E-state index in [-0.39, 0.29) is 6.10 Å². The van der Waals surface area contributed by atoms with Gasteiger partial charge in [0.2, 0.25) is 0 Å². The summed E-state index contributed by atoms with van der Waals surface area (Å²) in [5.41, 5.74) is -0.500. The summed E-state index contributed by atoms with van der Waals surface area (Å²) in [6, 6.07) is 0. The summed E-state index contributed by atoms with van der Waals surface area (Å²) >= 11 is 0. The van der Waals surface area contributed by atoms with Gasteiger partial charge >= 0.3 is 0 Å². The molecular formula is C12H30O3. The molecule has 3 N–H and O–H groups in total. The minimum absolute atomic E-state index is 0.116. The maximum Gasteiger partial charge on any atom is 0.0563 e. The van der Waals surface area contributed by atoms with E-state index in [1.807, 2.05) is 6.92 Å². The molecule has 0 saturated heterocycles. The average Bonchev–Trinajstić information content (AvgIpc) is 2.04. The van der Waals surface area contributed by atoms with Gasteiger partial charge in [0.1, 0.15) is 0 Å². The van der Waals surface area contributed by atoms with Crippen LogP contribution in [0.25, 0.3) is 0 Å². The first-order chi connectivity index (χ1) is 6.68. The van der Waals surface area contributed by atoms with Gasteiger partial charge in [-0.15, -0.1) is 0 Å². The normalized spacial score (nSPS) is 11.8. The van der Waals surface area contributed by atoms with Gasteiger partial charge in [0, 0.05) is 6.61 Å². The van der Waals surface area contributed by atoms with Crippen LogP contribution in [-0.2, 0) is 0 Å². The Bertz CT molecular complexity index is 87.5. The van der Waals surface area contributed by atoms with Crippen molar-refractivity contribution in [2.24, 2.45) is 0 Å². The van der Waals surface area contributed by atoms with E-state index in [4.69, 9.17) is 15.3 Å². The van der Waals surface area contributed by atoms with E-state index in [0.717, 1.165) is 19.3 Å². The standard InChI is InChI=1S/3C4H10O/c1-4(2,3)5;1-3-4(2)5;1-2-3-4-5/h5H,1-3H3;4-5H,3H2,1-2H3;5H,2-4H2,1H3. The second-order valence-electron chi connectivity index (χ2n) is 4.51. The van der Waals surface area contributed by atoms with Crippen molar-refractivity contribution in [1.82, 2.24) is 0 Å². The van der Waals surface area contributed by atoms with Gasteiger partial charge < -0.3 is 15.3 Å². The molecule has 0 aliphatic rings. The van der Waals surface area contributed by atoms with E-state index in [0.29, 0.717) is 6.61 Å². The molecule has 0 spiro atoms. The highest BCUT2D eigenvalue weighted by Crippen LogP contribution is 1.93. The Morgan fingerprint density at radius 2 is 1.40 bits per heavy atom. The van der Waals surface area contributed by atoms with Crippen molar-refractivity contribution >= 4 is 0 Å². The molecule has 0 aromatic carbocycles. The van der Waals surface area contributed by atoms with Gasteiger partial charge in [-0.1, -0.05) is 20.3 Å². The summed E-state index contributed by atoms with van der Waals surface area (Å²) in [4.78, 5) is 0. The van der Waals surface area contributed by atoms with Crippen molar-refractivity contribution in [3.05, 3.63) is 0 Å². The molecule has 15 heavy (non-hydrogen) atoms. The van der Waals surface area contributed by atoms with Gasteiger partial charge in [-0.25, -0.2) is 0 Å². The first kappa shape index (κ1) is 20.3. The lowest BCUT2D eigenvalue weighted by molar-refractivity contribution is 0.102. The van der Waals surface area contributed by atoms with Crippen LogP contribution in [-0.4, -0.2) is 33.6 Å². The Hall–Kier alpha value is -0.120. The lowest BCUT2D eigenvalue weighted by Crippen LogP contribution is -2.10. The van der Waals surface area contributed by atoms with E-state index in [1.165, 1.54) is 0 Å². The smallest absolute Gasteiger partial charge is 0.0563 e. The molecule has 0 bridgehead atoms. The lowest BCUT2D eigenvalue weighted by Gasteiger charge is -2.04. The Kier molecular flexibility index (Phi) is 18.8. The minimum atomic E-state index is -0.500. The molecule has 1 unspecified atom stereocenters. The van der Waals surface area contributed by atoms with Crippen LogP contribution in [0.5, 0.6) is 0 Å². The zero-order valence-electron chi connectivity index (χ0n) is 11.2. The number of hydrogen-bond acceptors (Lipinski definition) is 3. The summed E-state index contributed by atoms with van der Waals surface area (Å²) in [5, 5.41) is 24.9. The molecule has 0 fully saturated rings. The van der Waals surface area contributed by atoms with Gasteiger partial charge in [0.25, 0.3) is 0 Å². The number of aliphatic hydroxyl groups is 3. The van der Waals surface area contributed by atoms with Crippen LogP contribution in [0.1, 0.15) is 60.8 Å². The average molecular weight is 222 g/mol. The molecule has 0 aliphatic heterocycles. The third-order valence-electron chi connectivity index (χ3n) is 1.10.